The number of amides is 1. The number of hydrogen-bond donors (Lipinski definition) is 4. The summed E-state index contributed by atoms with van der Waals surface area (Å²) in [5.41, 5.74) is -0.217. The van der Waals surface area contributed by atoms with Crippen LogP contribution in [0.3, 0.4) is 0 Å². The first-order valence-electron chi connectivity index (χ1n) is 5.61. The lowest BCUT2D eigenvalue weighted by Gasteiger charge is -2.21. The molecular weight excluding hydrogens is 238 g/mol. The van der Waals surface area contributed by atoms with Crippen LogP contribution < -0.4 is 5.32 Å². The molecule has 102 valence electrons. The lowest BCUT2D eigenvalue weighted by Crippen LogP contribution is -2.38. The van der Waals surface area contributed by atoms with Gasteiger partial charge in [-0.2, -0.15) is 0 Å². The molecule has 0 spiro atoms. The van der Waals surface area contributed by atoms with Crippen LogP contribution in [-0.4, -0.2) is 44.5 Å². The molecule has 0 aliphatic heterocycles. The summed E-state index contributed by atoms with van der Waals surface area (Å²) in [6, 6.07) is 0. The molecule has 0 fully saturated rings. The number of imidazole rings is 1. The standard InChI is InChI=1S/C11H19N3O4/c1-11(2,3)18-10(17)13-5-8(15)9(16)7-4-12-6-14-7/h4,6,8-9,15-16H,5H2,1-3H3,(H,12,14)(H,13,17). The monoisotopic (exact) mass is 257 g/mol. The fourth-order valence-electron chi connectivity index (χ4n) is 1.25. The van der Waals surface area contributed by atoms with Gasteiger partial charge in [0, 0.05) is 6.54 Å². The Kier molecular flexibility index (Phi) is 4.69. The normalized spacial score (nSPS) is 14.9. The van der Waals surface area contributed by atoms with Gasteiger partial charge in [0.1, 0.15) is 17.8 Å². The topological polar surface area (TPSA) is 107 Å². The van der Waals surface area contributed by atoms with Crippen molar-refractivity contribution in [3.8, 4) is 0 Å². The second-order valence-corrected chi connectivity index (χ2v) is 4.90. The van der Waals surface area contributed by atoms with E-state index in [1.54, 1.807) is 20.8 Å². The fourth-order valence-corrected chi connectivity index (χ4v) is 1.25. The van der Waals surface area contributed by atoms with Crippen molar-refractivity contribution in [3.63, 3.8) is 0 Å². The molecule has 2 unspecified atom stereocenters. The molecule has 0 aliphatic rings. The van der Waals surface area contributed by atoms with E-state index in [1.807, 2.05) is 0 Å². The number of aromatic nitrogens is 2. The molecule has 1 aromatic rings. The van der Waals surface area contributed by atoms with E-state index in [0.29, 0.717) is 5.69 Å². The summed E-state index contributed by atoms with van der Waals surface area (Å²) in [6.45, 7) is 5.10. The van der Waals surface area contributed by atoms with E-state index >= 15 is 0 Å². The molecule has 0 bridgehead atoms. The highest BCUT2D eigenvalue weighted by Gasteiger charge is 2.22. The van der Waals surface area contributed by atoms with E-state index < -0.39 is 23.9 Å². The number of nitrogens with zero attached hydrogens (tertiary/aromatic N) is 1. The largest absolute Gasteiger partial charge is 0.444 e. The number of alkyl carbamates (subject to hydrolysis) is 1. The van der Waals surface area contributed by atoms with E-state index in [2.05, 4.69) is 15.3 Å². The zero-order valence-electron chi connectivity index (χ0n) is 10.7. The summed E-state index contributed by atoms with van der Waals surface area (Å²) in [7, 11) is 0. The number of carbonyl (C=O) groups excluding carboxylic acids is 1. The van der Waals surface area contributed by atoms with Gasteiger partial charge >= 0.3 is 6.09 Å². The Morgan fingerprint density at radius 3 is 2.72 bits per heavy atom. The average Bonchev–Trinajstić information content (AvgIpc) is 2.75. The lowest BCUT2D eigenvalue weighted by atomic mass is 10.1. The molecule has 1 aromatic heterocycles. The average molecular weight is 257 g/mol. The zero-order valence-corrected chi connectivity index (χ0v) is 10.7. The Morgan fingerprint density at radius 2 is 2.22 bits per heavy atom. The number of nitrogens with one attached hydrogen (secondary N) is 2. The molecule has 1 rings (SSSR count). The summed E-state index contributed by atoms with van der Waals surface area (Å²) in [4.78, 5) is 17.7. The number of rotatable bonds is 4. The number of ether oxygens (including phenoxy) is 1. The van der Waals surface area contributed by atoms with Gasteiger partial charge in [0.05, 0.1) is 18.2 Å². The first-order valence-corrected chi connectivity index (χ1v) is 5.61. The summed E-state index contributed by atoms with van der Waals surface area (Å²) < 4.78 is 5.00. The van der Waals surface area contributed by atoms with Crippen molar-refractivity contribution in [3.05, 3.63) is 18.2 Å². The molecule has 7 nitrogen and oxygen atoms in total. The molecule has 1 heterocycles. The van der Waals surface area contributed by atoms with Gasteiger partial charge in [-0.05, 0) is 20.8 Å². The molecule has 0 aliphatic carbocycles. The van der Waals surface area contributed by atoms with Crippen LogP contribution >= 0.6 is 0 Å². The third-order valence-electron chi connectivity index (χ3n) is 2.06. The van der Waals surface area contributed by atoms with Crippen molar-refractivity contribution in [1.82, 2.24) is 15.3 Å². The maximum Gasteiger partial charge on any atom is 0.407 e. The van der Waals surface area contributed by atoms with E-state index in [-0.39, 0.29) is 6.54 Å². The first-order chi connectivity index (χ1) is 8.29. The lowest BCUT2D eigenvalue weighted by molar-refractivity contribution is 0.0111. The Bertz CT molecular complexity index is 372. The number of hydrogen-bond acceptors (Lipinski definition) is 5. The van der Waals surface area contributed by atoms with Crippen LogP contribution in [0.25, 0.3) is 0 Å². The fraction of sp³-hybridized carbons (Fsp3) is 0.636. The highest BCUT2D eigenvalue weighted by Crippen LogP contribution is 2.13. The summed E-state index contributed by atoms with van der Waals surface area (Å²) in [5.74, 6) is 0. The van der Waals surface area contributed by atoms with Crippen LogP contribution in [0.1, 0.15) is 32.6 Å². The molecule has 0 aromatic carbocycles. The molecule has 0 radical (unpaired) electrons. The third kappa shape index (κ3) is 4.72. The minimum absolute atomic E-state index is 0.116. The van der Waals surface area contributed by atoms with Gasteiger partial charge in [-0.15, -0.1) is 0 Å². The van der Waals surface area contributed by atoms with Crippen molar-refractivity contribution < 1.29 is 19.7 Å². The van der Waals surface area contributed by atoms with Crippen molar-refractivity contribution in [1.29, 1.82) is 0 Å². The number of carbonyl (C=O) groups is 1. The Morgan fingerprint density at radius 1 is 1.56 bits per heavy atom. The zero-order chi connectivity index (χ0) is 13.8. The molecule has 0 saturated carbocycles. The SMILES string of the molecule is CC(C)(C)OC(=O)NCC(O)C(O)c1cnc[nH]1. The minimum atomic E-state index is -1.14. The van der Waals surface area contributed by atoms with Gasteiger partial charge in [0.25, 0.3) is 0 Å². The van der Waals surface area contributed by atoms with Gasteiger partial charge in [-0.3, -0.25) is 0 Å². The Labute approximate surface area is 105 Å². The number of H-pyrrole nitrogens is 1. The van der Waals surface area contributed by atoms with Crippen LogP contribution in [0.5, 0.6) is 0 Å². The second kappa shape index (κ2) is 5.83. The van der Waals surface area contributed by atoms with Gasteiger partial charge in [-0.1, -0.05) is 0 Å². The Hall–Kier alpha value is -1.60. The van der Waals surface area contributed by atoms with E-state index in [4.69, 9.17) is 4.74 Å². The quantitative estimate of drug-likeness (QED) is 0.621. The summed E-state index contributed by atoms with van der Waals surface area (Å²) in [5, 5.41) is 21.8. The maximum atomic E-state index is 11.3. The number of aliphatic hydroxyl groups is 2. The van der Waals surface area contributed by atoms with Crippen molar-refractivity contribution >= 4 is 6.09 Å². The highest BCUT2D eigenvalue weighted by molar-refractivity contribution is 5.67. The number of aromatic amines is 1. The highest BCUT2D eigenvalue weighted by atomic mass is 16.6. The number of aliphatic hydroxyl groups excluding tert-OH is 2. The van der Waals surface area contributed by atoms with E-state index in [1.165, 1.54) is 12.5 Å². The van der Waals surface area contributed by atoms with Crippen LogP contribution in [0, 0.1) is 0 Å². The van der Waals surface area contributed by atoms with Crippen LogP contribution in [0.15, 0.2) is 12.5 Å². The molecule has 18 heavy (non-hydrogen) atoms. The van der Waals surface area contributed by atoms with Crippen LogP contribution in [0.2, 0.25) is 0 Å². The van der Waals surface area contributed by atoms with E-state index in [0.717, 1.165) is 0 Å². The predicted molar refractivity (Wildman–Crippen MR) is 63.8 cm³/mol. The second-order valence-electron chi connectivity index (χ2n) is 4.90. The maximum absolute atomic E-state index is 11.3. The molecule has 0 saturated heterocycles. The first kappa shape index (κ1) is 14.5. The molecule has 2 atom stereocenters. The molecular formula is C11H19N3O4. The Balaban J connectivity index is 2.37. The van der Waals surface area contributed by atoms with Crippen molar-refractivity contribution in [2.45, 2.75) is 38.6 Å². The molecule has 1 amide bonds. The molecule has 7 heteroatoms. The van der Waals surface area contributed by atoms with Gasteiger partial charge in [0.15, 0.2) is 0 Å². The summed E-state index contributed by atoms with van der Waals surface area (Å²) >= 11 is 0. The van der Waals surface area contributed by atoms with Gasteiger partial charge < -0.3 is 25.3 Å². The smallest absolute Gasteiger partial charge is 0.407 e. The van der Waals surface area contributed by atoms with Crippen LogP contribution in [-0.2, 0) is 4.74 Å². The van der Waals surface area contributed by atoms with Crippen molar-refractivity contribution in [2.75, 3.05) is 6.54 Å². The van der Waals surface area contributed by atoms with Gasteiger partial charge in [-0.25, -0.2) is 9.78 Å². The molecule has 4 N–H and O–H groups in total. The minimum Gasteiger partial charge on any atom is -0.444 e. The predicted octanol–water partition coefficient (Wildman–Crippen LogP) is 0.329. The van der Waals surface area contributed by atoms with Gasteiger partial charge in [0.2, 0.25) is 0 Å². The third-order valence-corrected chi connectivity index (χ3v) is 2.06. The van der Waals surface area contributed by atoms with E-state index in [9.17, 15) is 15.0 Å². The summed E-state index contributed by atoms with van der Waals surface area (Å²) in [6.07, 6.45) is -0.118. The van der Waals surface area contributed by atoms with Crippen LogP contribution in [0.4, 0.5) is 4.79 Å². The van der Waals surface area contributed by atoms with Crippen molar-refractivity contribution in [2.24, 2.45) is 0 Å².